The topological polar surface area (TPSA) is 29.0 Å². The highest BCUT2D eigenvalue weighted by atomic mass is 32.1. The molecule has 16 heavy (non-hydrogen) atoms. The molecule has 2 heterocycles. The molecule has 0 fully saturated rings. The van der Waals surface area contributed by atoms with E-state index in [1.54, 1.807) is 23.7 Å². The number of hydrogen-bond donors (Lipinski definition) is 0. The van der Waals surface area contributed by atoms with E-state index in [9.17, 15) is 0 Å². The summed E-state index contributed by atoms with van der Waals surface area (Å²) in [5.41, 5.74) is 0. The molecule has 0 spiro atoms. The summed E-state index contributed by atoms with van der Waals surface area (Å²) < 4.78 is 0. The molecule has 0 aliphatic rings. The van der Waals surface area contributed by atoms with Crippen LogP contribution in [0.25, 0.3) is 0 Å². The van der Waals surface area contributed by atoms with Gasteiger partial charge in [-0.15, -0.1) is 11.3 Å². The van der Waals surface area contributed by atoms with Crippen LogP contribution < -0.4 is 4.90 Å². The zero-order valence-corrected chi connectivity index (χ0v) is 10.3. The van der Waals surface area contributed by atoms with Gasteiger partial charge >= 0.3 is 0 Å². The number of likely N-dealkylation sites (N-methyl/N-ethyl adjacent to an activating group) is 1. The van der Waals surface area contributed by atoms with E-state index in [1.165, 1.54) is 4.88 Å². The van der Waals surface area contributed by atoms with Crippen molar-refractivity contribution in [3.8, 4) is 0 Å². The highest BCUT2D eigenvalue weighted by Crippen LogP contribution is 2.15. The van der Waals surface area contributed by atoms with Gasteiger partial charge in [-0.2, -0.15) is 0 Å². The molecule has 2 aromatic rings. The highest BCUT2D eigenvalue weighted by Gasteiger charge is 2.12. The van der Waals surface area contributed by atoms with Crippen LogP contribution in [0.3, 0.4) is 0 Å². The minimum absolute atomic E-state index is 0.404. The average molecular weight is 233 g/mol. The molecule has 2 aromatic heterocycles. The number of anilines is 1. The van der Waals surface area contributed by atoms with Crippen molar-refractivity contribution in [2.45, 2.75) is 19.4 Å². The average Bonchev–Trinajstić information content (AvgIpc) is 2.82. The smallest absolute Gasteiger partial charge is 0.225 e. The Morgan fingerprint density at radius 1 is 1.31 bits per heavy atom. The first-order valence-corrected chi connectivity index (χ1v) is 6.17. The van der Waals surface area contributed by atoms with Crippen LogP contribution in [0.2, 0.25) is 0 Å². The summed E-state index contributed by atoms with van der Waals surface area (Å²) in [6.45, 7) is 2.19. The van der Waals surface area contributed by atoms with Crippen LogP contribution in [-0.4, -0.2) is 23.1 Å². The molecule has 0 saturated carbocycles. The SMILES string of the molecule is CC(Cc1cccs1)N(C)c1ncccn1. The van der Waals surface area contributed by atoms with Gasteiger partial charge in [0.05, 0.1) is 0 Å². The molecular formula is C12H15N3S. The normalized spacial score (nSPS) is 12.4. The van der Waals surface area contributed by atoms with Gasteiger partial charge in [0.25, 0.3) is 0 Å². The molecule has 1 atom stereocenters. The van der Waals surface area contributed by atoms with E-state index in [2.05, 4.69) is 39.3 Å². The quantitative estimate of drug-likeness (QED) is 0.813. The first kappa shape index (κ1) is 11.1. The Balaban J connectivity index is 2.02. The summed E-state index contributed by atoms with van der Waals surface area (Å²) in [6, 6.07) is 6.49. The molecule has 0 aromatic carbocycles. The Kier molecular flexibility index (Phi) is 3.51. The Labute approximate surface area is 99.8 Å². The van der Waals surface area contributed by atoms with Crippen LogP contribution in [-0.2, 0) is 6.42 Å². The molecule has 0 bridgehead atoms. The molecular weight excluding hydrogens is 218 g/mol. The van der Waals surface area contributed by atoms with Gasteiger partial charge in [-0.05, 0) is 24.4 Å². The Bertz CT molecular complexity index is 413. The zero-order chi connectivity index (χ0) is 11.4. The van der Waals surface area contributed by atoms with Gasteiger partial charge in [-0.3, -0.25) is 0 Å². The third-order valence-electron chi connectivity index (χ3n) is 2.61. The van der Waals surface area contributed by atoms with E-state index in [1.807, 2.05) is 13.1 Å². The zero-order valence-electron chi connectivity index (χ0n) is 9.50. The van der Waals surface area contributed by atoms with Crippen molar-refractivity contribution >= 4 is 17.3 Å². The maximum Gasteiger partial charge on any atom is 0.225 e. The van der Waals surface area contributed by atoms with Crippen molar-refractivity contribution in [2.75, 3.05) is 11.9 Å². The van der Waals surface area contributed by atoms with Crippen LogP contribution in [0.4, 0.5) is 5.95 Å². The van der Waals surface area contributed by atoms with Gasteiger partial charge in [-0.1, -0.05) is 6.07 Å². The largest absolute Gasteiger partial charge is 0.341 e. The van der Waals surface area contributed by atoms with Crippen LogP contribution in [0, 0.1) is 0 Å². The lowest BCUT2D eigenvalue weighted by Crippen LogP contribution is -2.31. The summed E-state index contributed by atoms with van der Waals surface area (Å²) in [5.74, 6) is 0.784. The number of nitrogens with zero attached hydrogens (tertiary/aromatic N) is 3. The third-order valence-corrected chi connectivity index (χ3v) is 3.50. The molecule has 0 saturated heterocycles. The molecule has 0 aliphatic heterocycles. The molecule has 0 aliphatic carbocycles. The van der Waals surface area contributed by atoms with E-state index in [4.69, 9.17) is 0 Å². The van der Waals surface area contributed by atoms with Crippen molar-refractivity contribution in [2.24, 2.45) is 0 Å². The fourth-order valence-electron chi connectivity index (χ4n) is 1.53. The molecule has 0 radical (unpaired) electrons. The predicted molar refractivity (Wildman–Crippen MR) is 67.9 cm³/mol. The van der Waals surface area contributed by atoms with E-state index in [0.29, 0.717) is 6.04 Å². The predicted octanol–water partition coefficient (Wildman–Crippen LogP) is 2.61. The van der Waals surface area contributed by atoms with E-state index < -0.39 is 0 Å². The van der Waals surface area contributed by atoms with Crippen molar-refractivity contribution in [3.05, 3.63) is 40.8 Å². The van der Waals surface area contributed by atoms with Crippen LogP contribution in [0.15, 0.2) is 36.0 Å². The highest BCUT2D eigenvalue weighted by molar-refractivity contribution is 7.09. The molecule has 0 N–H and O–H groups in total. The Morgan fingerprint density at radius 2 is 2.06 bits per heavy atom. The molecule has 0 amide bonds. The van der Waals surface area contributed by atoms with Gasteiger partial charge < -0.3 is 4.90 Å². The second kappa shape index (κ2) is 5.07. The molecule has 4 heteroatoms. The van der Waals surface area contributed by atoms with E-state index >= 15 is 0 Å². The second-order valence-corrected chi connectivity index (χ2v) is 4.82. The van der Waals surface area contributed by atoms with Crippen molar-refractivity contribution in [3.63, 3.8) is 0 Å². The number of hydrogen-bond acceptors (Lipinski definition) is 4. The molecule has 1 unspecified atom stereocenters. The van der Waals surface area contributed by atoms with Gasteiger partial charge in [0.1, 0.15) is 0 Å². The van der Waals surface area contributed by atoms with E-state index in [0.717, 1.165) is 12.4 Å². The maximum absolute atomic E-state index is 4.25. The third kappa shape index (κ3) is 2.58. The Hall–Kier alpha value is -1.42. The van der Waals surface area contributed by atoms with Gasteiger partial charge in [-0.25, -0.2) is 9.97 Å². The van der Waals surface area contributed by atoms with Crippen LogP contribution in [0.1, 0.15) is 11.8 Å². The fraction of sp³-hybridized carbons (Fsp3) is 0.333. The molecule has 2 rings (SSSR count). The lowest BCUT2D eigenvalue weighted by Gasteiger charge is -2.24. The fourth-order valence-corrected chi connectivity index (χ4v) is 2.35. The summed E-state index contributed by atoms with van der Waals surface area (Å²) in [5, 5.41) is 2.11. The summed E-state index contributed by atoms with van der Waals surface area (Å²) in [4.78, 5) is 12.0. The summed E-state index contributed by atoms with van der Waals surface area (Å²) in [7, 11) is 2.04. The first-order valence-electron chi connectivity index (χ1n) is 5.29. The van der Waals surface area contributed by atoms with Gasteiger partial charge in [0, 0.05) is 36.8 Å². The lowest BCUT2D eigenvalue weighted by molar-refractivity contribution is 0.670. The summed E-state index contributed by atoms with van der Waals surface area (Å²) >= 11 is 1.80. The standard InChI is InChI=1S/C12H15N3S/c1-10(9-11-5-3-8-16-11)15(2)12-13-6-4-7-14-12/h3-8,10H,9H2,1-2H3. The first-order chi connectivity index (χ1) is 7.77. The van der Waals surface area contributed by atoms with E-state index in [-0.39, 0.29) is 0 Å². The Morgan fingerprint density at radius 3 is 2.69 bits per heavy atom. The molecule has 3 nitrogen and oxygen atoms in total. The van der Waals surface area contributed by atoms with Crippen molar-refractivity contribution < 1.29 is 0 Å². The second-order valence-electron chi connectivity index (χ2n) is 3.79. The van der Waals surface area contributed by atoms with Gasteiger partial charge in [0.15, 0.2) is 0 Å². The molecule has 84 valence electrons. The minimum Gasteiger partial charge on any atom is -0.341 e. The van der Waals surface area contributed by atoms with Gasteiger partial charge in [0.2, 0.25) is 5.95 Å². The monoisotopic (exact) mass is 233 g/mol. The number of thiophene rings is 1. The maximum atomic E-state index is 4.25. The summed E-state index contributed by atoms with van der Waals surface area (Å²) in [6.07, 6.45) is 4.58. The lowest BCUT2D eigenvalue weighted by atomic mass is 10.2. The minimum atomic E-state index is 0.404. The number of rotatable bonds is 4. The van der Waals surface area contributed by atoms with Crippen molar-refractivity contribution in [1.82, 2.24) is 9.97 Å². The van der Waals surface area contributed by atoms with Crippen LogP contribution >= 0.6 is 11.3 Å². The van der Waals surface area contributed by atoms with Crippen molar-refractivity contribution in [1.29, 1.82) is 0 Å². The number of aromatic nitrogens is 2. The van der Waals surface area contributed by atoms with Crippen LogP contribution in [0.5, 0.6) is 0 Å².